The van der Waals surface area contributed by atoms with Gasteiger partial charge < -0.3 is 9.94 Å². The summed E-state index contributed by atoms with van der Waals surface area (Å²) in [6.07, 6.45) is 0.382. The van der Waals surface area contributed by atoms with E-state index in [1.54, 1.807) is 0 Å². The Morgan fingerprint density at radius 2 is 1.78 bits per heavy atom. The molecule has 4 nitrogen and oxygen atoms in total. The number of fused-ring (bicyclic) bond motifs is 1. The van der Waals surface area contributed by atoms with Gasteiger partial charge in [0, 0.05) is 27.6 Å². The van der Waals surface area contributed by atoms with Crippen molar-refractivity contribution in [3.05, 3.63) is 70.2 Å². The number of rotatable bonds is 2. The van der Waals surface area contributed by atoms with Crippen LogP contribution in [0.1, 0.15) is 18.9 Å². The lowest BCUT2D eigenvalue weighted by Crippen LogP contribution is -2.25. The molecule has 1 aromatic heterocycles. The highest BCUT2D eigenvalue weighted by atomic mass is 35.5. The van der Waals surface area contributed by atoms with Gasteiger partial charge in [-0.3, -0.25) is 0 Å². The molecule has 0 saturated carbocycles. The van der Waals surface area contributed by atoms with E-state index in [1.165, 1.54) is 0 Å². The van der Waals surface area contributed by atoms with E-state index < -0.39 is 0 Å². The Morgan fingerprint density at radius 1 is 1.04 bits per heavy atom. The minimum Gasteiger partial charge on any atom is -0.474 e. The molecule has 4 rings (SSSR count). The van der Waals surface area contributed by atoms with E-state index in [2.05, 4.69) is 5.16 Å². The SMILES string of the molecule is CC1CC(=NO)c2cc(-c3ccc(Cl)cc3)c(-c3ccccc3Cl)nc2O1. The van der Waals surface area contributed by atoms with Gasteiger partial charge in [-0.2, -0.15) is 0 Å². The van der Waals surface area contributed by atoms with Gasteiger partial charge in [0.25, 0.3) is 0 Å². The number of halogens is 2. The second kappa shape index (κ2) is 7.22. The van der Waals surface area contributed by atoms with Crippen molar-refractivity contribution >= 4 is 28.9 Å². The summed E-state index contributed by atoms with van der Waals surface area (Å²) in [6.45, 7) is 1.91. The Labute approximate surface area is 167 Å². The van der Waals surface area contributed by atoms with Gasteiger partial charge in [-0.15, -0.1) is 0 Å². The second-order valence-corrected chi connectivity index (χ2v) is 7.25. The van der Waals surface area contributed by atoms with Crippen molar-refractivity contribution in [2.45, 2.75) is 19.4 Å². The number of oxime groups is 1. The van der Waals surface area contributed by atoms with Gasteiger partial charge >= 0.3 is 0 Å². The Bertz CT molecular complexity index is 1030. The van der Waals surface area contributed by atoms with Crippen LogP contribution in [0.5, 0.6) is 5.88 Å². The van der Waals surface area contributed by atoms with Gasteiger partial charge in [0.05, 0.1) is 17.0 Å². The third kappa shape index (κ3) is 3.38. The molecule has 0 bridgehead atoms. The van der Waals surface area contributed by atoms with Crippen molar-refractivity contribution in [3.63, 3.8) is 0 Å². The molecule has 0 aliphatic carbocycles. The van der Waals surface area contributed by atoms with Crippen molar-refractivity contribution in [3.8, 4) is 28.3 Å². The summed E-state index contributed by atoms with van der Waals surface area (Å²) in [6, 6.07) is 17.0. The first-order chi connectivity index (χ1) is 13.1. The summed E-state index contributed by atoms with van der Waals surface area (Å²) in [5.74, 6) is 0.439. The van der Waals surface area contributed by atoms with Crippen molar-refractivity contribution < 1.29 is 9.94 Å². The van der Waals surface area contributed by atoms with Crippen LogP contribution in [0.3, 0.4) is 0 Å². The molecule has 6 heteroatoms. The minimum atomic E-state index is -0.128. The van der Waals surface area contributed by atoms with E-state index in [0.29, 0.717) is 39.3 Å². The Kier molecular flexibility index (Phi) is 4.77. The molecule has 1 aliphatic rings. The summed E-state index contributed by atoms with van der Waals surface area (Å²) in [7, 11) is 0. The summed E-state index contributed by atoms with van der Waals surface area (Å²) < 4.78 is 5.91. The monoisotopic (exact) mass is 398 g/mol. The number of nitrogens with zero attached hydrogens (tertiary/aromatic N) is 2. The molecule has 2 aromatic carbocycles. The molecule has 1 unspecified atom stereocenters. The van der Waals surface area contributed by atoms with E-state index in [1.807, 2.05) is 61.5 Å². The molecular formula is C21H16Cl2N2O2. The van der Waals surface area contributed by atoms with Crippen LogP contribution in [0.2, 0.25) is 10.0 Å². The maximum atomic E-state index is 9.45. The molecule has 0 radical (unpaired) electrons. The minimum absolute atomic E-state index is 0.128. The zero-order chi connectivity index (χ0) is 19.0. The quantitative estimate of drug-likeness (QED) is 0.420. The third-order valence-electron chi connectivity index (χ3n) is 4.50. The maximum absolute atomic E-state index is 9.45. The fourth-order valence-corrected chi connectivity index (χ4v) is 3.56. The number of hydrogen-bond donors (Lipinski definition) is 1. The maximum Gasteiger partial charge on any atom is 0.223 e. The second-order valence-electron chi connectivity index (χ2n) is 6.40. The van der Waals surface area contributed by atoms with Gasteiger partial charge in [-0.1, -0.05) is 58.7 Å². The number of pyridine rings is 1. The molecule has 1 atom stereocenters. The smallest absolute Gasteiger partial charge is 0.223 e. The number of benzene rings is 2. The first kappa shape index (κ1) is 17.8. The Morgan fingerprint density at radius 3 is 2.48 bits per heavy atom. The molecular weight excluding hydrogens is 383 g/mol. The Hall–Kier alpha value is -2.56. The third-order valence-corrected chi connectivity index (χ3v) is 5.08. The zero-order valence-corrected chi connectivity index (χ0v) is 16.0. The van der Waals surface area contributed by atoms with Gasteiger partial charge in [-0.25, -0.2) is 4.98 Å². The van der Waals surface area contributed by atoms with Crippen LogP contribution in [0, 0.1) is 0 Å². The molecule has 0 amide bonds. The van der Waals surface area contributed by atoms with Crippen molar-refractivity contribution in [2.75, 3.05) is 0 Å². The highest BCUT2D eigenvalue weighted by Crippen LogP contribution is 2.39. The van der Waals surface area contributed by atoms with Crippen molar-refractivity contribution in [2.24, 2.45) is 5.16 Å². The standard InChI is InChI=1S/C21H16Cl2N2O2/c1-12-10-19(25-26)17-11-16(13-6-8-14(22)9-7-13)20(24-21(17)27-12)15-4-2-3-5-18(15)23/h2-9,11-12,26H,10H2,1H3. The molecule has 0 fully saturated rings. The fourth-order valence-electron chi connectivity index (χ4n) is 3.21. The van der Waals surface area contributed by atoms with Crippen LogP contribution < -0.4 is 4.74 Å². The topological polar surface area (TPSA) is 54.7 Å². The molecule has 3 aromatic rings. The van der Waals surface area contributed by atoms with E-state index in [9.17, 15) is 5.21 Å². The number of hydrogen-bond acceptors (Lipinski definition) is 4. The summed E-state index contributed by atoms with van der Waals surface area (Å²) in [4.78, 5) is 4.76. The molecule has 27 heavy (non-hydrogen) atoms. The lowest BCUT2D eigenvalue weighted by atomic mass is 9.94. The molecule has 1 N–H and O–H groups in total. The fraction of sp³-hybridized carbons (Fsp3) is 0.143. The van der Waals surface area contributed by atoms with Crippen LogP contribution in [-0.4, -0.2) is 22.0 Å². The molecule has 1 aliphatic heterocycles. The van der Waals surface area contributed by atoms with E-state index >= 15 is 0 Å². The summed E-state index contributed by atoms with van der Waals surface area (Å²) in [5, 5.41) is 14.2. The molecule has 0 spiro atoms. The highest BCUT2D eigenvalue weighted by molar-refractivity contribution is 6.33. The highest BCUT2D eigenvalue weighted by Gasteiger charge is 2.27. The van der Waals surface area contributed by atoms with Gasteiger partial charge in [0.1, 0.15) is 6.10 Å². The molecule has 0 saturated heterocycles. The number of ether oxygens (including phenoxy) is 1. The van der Waals surface area contributed by atoms with Crippen molar-refractivity contribution in [1.82, 2.24) is 4.98 Å². The Balaban J connectivity index is 2.00. The lowest BCUT2D eigenvalue weighted by Gasteiger charge is -2.25. The predicted octanol–water partition coefficient (Wildman–Crippen LogP) is 6.07. The molecule has 2 heterocycles. The number of aromatic nitrogens is 1. The summed E-state index contributed by atoms with van der Waals surface area (Å²) in [5.41, 5.74) is 4.52. The average Bonchev–Trinajstić information content (AvgIpc) is 2.67. The van der Waals surface area contributed by atoms with Crippen LogP contribution in [0.15, 0.2) is 59.8 Å². The first-order valence-electron chi connectivity index (χ1n) is 8.50. The van der Waals surface area contributed by atoms with E-state index in [0.717, 1.165) is 16.7 Å². The normalized spacial score (nSPS) is 17.4. The largest absolute Gasteiger partial charge is 0.474 e. The van der Waals surface area contributed by atoms with Gasteiger partial charge in [0.15, 0.2) is 0 Å². The first-order valence-corrected chi connectivity index (χ1v) is 9.26. The van der Waals surface area contributed by atoms with Crippen LogP contribution in [0.4, 0.5) is 0 Å². The van der Waals surface area contributed by atoms with Gasteiger partial charge in [-0.05, 0) is 36.8 Å². The average molecular weight is 399 g/mol. The van der Waals surface area contributed by atoms with E-state index in [4.69, 9.17) is 32.9 Å². The van der Waals surface area contributed by atoms with Crippen LogP contribution in [-0.2, 0) is 0 Å². The van der Waals surface area contributed by atoms with Crippen molar-refractivity contribution in [1.29, 1.82) is 0 Å². The molecule has 136 valence electrons. The summed E-state index contributed by atoms with van der Waals surface area (Å²) >= 11 is 12.5. The van der Waals surface area contributed by atoms with Crippen LogP contribution >= 0.6 is 23.2 Å². The predicted molar refractivity (Wildman–Crippen MR) is 108 cm³/mol. The zero-order valence-electron chi connectivity index (χ0n) is 14.5. The van der Waals surface area contributed by atoms with Crippen LogP contribution in [0.25, 0.3) is 22.4 Å². The lowest BCUT2D eigenvalue weighted by molar-refractivity contribution is 0.209. The van der Waals surface area contributed by atoms with Gasteiger partial charge in [0.2, 0.25) is 5.88 Å². The van der Waals surface area contributed by atoms with E-state index in [-0.39, 0.29) is 6.10 Å².